The van der Waals surface area contributed by atoms with Crippen LogP contribution < -0.4 is 5.73 Å². The van der Waals surface area contributed by atoms with Gasteiger partial charge in [-0.1, -0.05) is 18.6 Å². The molecule has 2 aliphatic rings. The first-order chi connectivity index (χ1) is 15.8. The minimum absolute atomic E-state index is 0.0192. The summed E-state index contributed by atoms with van der Waals surface area (Å²) >= 11 is 0. The van der Waals surface area contributed by atoms with Gasteiger partial charge in [-0.2, -0.15) is 5.10 Å². The van der Waals surface area contributed by atoms with E-state index in [1.165, 1.54) is 23.8 Å². The second-order valence-corrected chi connectivity index (χ2v) is 9.05. The fourth-order valence-corrected chi connectivity index (χ4v) is 5.53. The van der Waals surface area contributed by atoms with Gasteiger partial charge in [0.2, 0.25) is 5.91 Å². The molecule has 3 aromatic rings. The lowest BCUT2D eigenvalue weighted by Crippen LogP contribution is -2.33. The van der Waals surface area contributed by atoms with Crippen LogP contribution in [0.2, 0.25) is 0 Å². The lowest BCUT2D eigenvalue weighted by molar-refractivity contribution is 0.0650. The number of primary amides is 1. The Labute approximate surface area is 190 Å². The van der Waals surface area contributed by atoms with Crippen LogP contribution in [0.5, 0.6) is 0 Å². The van der Waals surface area contributed by atoms with Gasteiger partial charge in [0, 0.05) is 23.5 Å². The normalized spacial score (nSPS) is 21.8. The standard InChI is InChI=1S/C26H25F2N3O2/c1-15-22-14-30-31(20-6-4-18(27)5-7-20)23(22)12-17-9-11-26(33,24(15)17)10-8-16-2-3-19(28)13-21(16)25(29)32/h2-7,13-15,33H,8-12H2,1H3,(H2,29,32)/t15-,26+/m0/s1. The number of halogens is 2. The number of aliphatic hydroxyl groups is 1. The summed E-state index contributed by atoms with van der Waals surface area (Å²) in [5, 5.41) is 16.2. The van der Waals surface area contributed by atoms with Crippen LogP contribution in [-0.2, 0) is 12.8 Å². The van der Waals surface area contributed by atoms with Gasteiger partial charge in [0.1, 0.15) is 11.6 Å². The lowest BCUT2D eigenvalue weighted by atomic mass is 9.76. The highest BCUT2D eigenvalue weighted by atomic mass is 19.1. The molecule has 1 amide bonds. The van der Waals surface area contributed by atoms with Crippen molar-refractivity contribution in [2.45, 2.75) is 50.5 Å². The Bertz CT molecular complexity index is 1280. The van der Waals surface area contributed by atoms with Gasteiger partial charge >= 0.3 is 0 Å². The molecule has 2 aliphatic carbocycles. The number of carbonyl (C=O) groups is 1. The maximum absolute atomic E-state index is 13.6. The smallest absolute Gasteiger partial charge is 0.249 e. The first kappa shape index (κ1) is 21.5. The summed E-state index contributed by atoms with van der Waals surface area (Å²) < 4.78 is 28.8. The number of allylic oxidation sites excluding steroid dienone is 1. The van der Waals surface area contributed by atoms with Gasteiger partial charge in [-0.15, -0.1) is 0 Å². The Balaban J connectivity index is 1.42. The van der Waals surface area contributed by atoms with E-state index in [1.807, 2.05) is 10.9 Å². The zero-order valence-electron chi connectivity index (χ0n) is 18.3. The van der Waals surface area contributed by atoms with E-state index in [0.717, 1.165) is 35.0 Å². The Morgan fingerprint density at radius 2 is 1.94 bits per heavy atom. The maximum atomic E-state index is 13.6. The first-order valence-electron chi connectivity index (χ1n) is 11.1. The third-order valence-corrected chi connectivity index (χ3v) is 7.12. The molecule has 0 aliphatic heterocycles. The topological polar surface area (TPSA) is 81.1 Å². The molecule has 33 heavy (non-hydrogen) atoms. The van der Waals surface area contributed by atoms with Crippen molar-refractivity contribution in [3.8, 4) is 5.69 Å². The molecule has 0 saturated heterocycles. The van der Waals surface area contributed by atoms with E-state index in [0.29, 0.717) is 31.2 Å². The molecule has 0 unspecified atom stereocenters. The lowest BCUT2D eigenvalue weighted by Gasteiger charge is -2.33. The van der Waals surface area contributed by atoms with E-state index in [1.54, 1.807) is 18.2 Å². The molecule has 0 fully saturated rings. The van der Waals surface area contributed by atoms with E-state index in [9.17, 15) is 18.7 Å². The summed E-state index contributed by atoms with van der Waals surface area (Å²) in [6, 6.07) is 10.3. The number of aromatic nitrogens is 2. The number of benzene rings is 2. The Morgan fingerprint density at radius 1 is 1.21 bits per heavy atom. The van der Waals surface area contributed by atoms with Crippen molar-refractivity contribution >= 4 is 5.91 Å². The molecule has 7 heteroatoms. The second kappa shape index (κ2) is 7.92. The third kappa shape index (κ3) is 3.66. The van der Waals surface area contributed by atoms with Gasteiger partial charge in [0.15, 0.2) is 0 Å². The molecule has 5 nitrogen and oxygen atoms in total. The molecule has 3 N–H and O–H groups in total. The van der Waals surface area contributed by atoms with Crippen molar-refractivity contribution in [1.82, 2.24) is 9.78 Å². The Kier molecular flexibility index (Phi) is 5.16. The number of hydrogen-bond donors (Lipinski definition) is 2. The number of hydrogen-bond acceptors (Lipinski definition) is 3. The van der Waals surface area contributed by atoms with E-state index in [-0.39, 0.29) is 17.3 Å². The minimum Gasteiger partial charge on any atom is -0.385 e. The van der Waals surface area contributed by atoms with Gasteiger partial charge in [-0.25, -0.2) is 13.5 Å². The Hall–Kier alpha value is -3.32. The van der Waals surface area contributed by atoms with Crippen LogP contribution in [0, 0.1) is 11.6 Å². The predicted molar refractivity (Wildman–Crippen MR) is 120 cm³/mol. The number of nitrogens with zero attached hydrogens (tertiary/aromatic N) is 2. The summed E-state index contributed by atoms with van der Waals surface area (Å²) in [6.07, 6.45) is 4.72. The number of carbonyl (C=O) groups excluding carboxylic acids is 1. The number of rotatable bonds is 5. The zero-order valence-corrected chi connectivity index (χ0v) is 18.3. The molecule has 0 spiro atoms. The fraction of sp³-hybridized carbons (Fsp3) is 0.308. The molecular weight excluding hydrogens is 424 g/mol. The van der Waals surface area contributed by atoms with Crippen molar-refractivity contribution in [1.29, 1.82) is 0 Å². The van der Waals surface area contributed by atoms with Crippen molar-refractivity contribution in [2.24, 2.45) is 5.73 Å². The van der Waals surface area contributed by atoms with Crippen LogP contribution in [-0.4, -0.2) is 26.4 Å². The fourth-order valence-electron chi connectivity index (χ4n) is 5.53. The van der Waals surface area contributed by atoms with Crippen molar-refractivity contribution in [2.75, 3.05) is 0 Å². The molecule has 0 saturated carbocycles. The first-order valence-corrected chi connectivity index (χ1v) is 11.1. The molecule has 170 valence electrons. The van der Waals surface area contributed by atoms with Crippen LogP contribution in [0.25, 0.3) is 5.69 Å². The van der Waals surface area contributed by atoms with Crippen molar-refractivity contribution < 1.29 is 18.7 Å². The van der Waals surface area contributed by atoms with E-state index < -0.39 is 17.3 Å². The zero-order chi connectivity index (χ0) is 23.3. The number of nitrogens with two attached hydrogens (primary N) is 1. The number of fused-ring (bicyclic) bond motifs is 1. The van der Waals surface area contributed by atoms with Gasteiger partial charge in [-0.05, 0) is 73.2 Å². The molecule has 0 bridgehead atoms. The monoisotopic (exact) mass is 449 g/mol. The molecule has 0 radical (unpaired) electrons. The SMILES string of the molecule is C[C@@H]1C2=C(CC[C@]2(O)CCc2ccc(F)cc2C(N)=O)Cc2c1cnn2-c1ccc(F)cc1. The molecule has 5 rings (SSSR count). The third-order valence-electron chi connectivity index (χ3n) is 7.12. The summed E-state index contributed by atoms with van der Waals surface area (Å²) in [6.45, 7) is 2.08. The summed E-state index contributed by atoms with van der Waals surface area (Å²) in [5.41, 5.74) is 10.4. The average molecular weight is 450 g/mol. The number of amides is 1. The summed E-state index contributed by atoms with van der Waals surface area (Å²) in [7, 11) is 0. The van der Waals surface area contributed by atoms with E-state index >= 15 is 0 Å². The largest absolute Gasteiger partial charge is 0.385 e. The van der Waals surface area contributed by atoms with Crippen LogP contribution in [0.3, 0.4) is 0 Å². The maximum Gasteiger partial charge on any atom is 0.249 e. The quantitative estimate of drug-likeness (QED) is 0.568. The van der Waals surface area contributed by atoms with Gasteiger partial charge in [-0.3, -0.25) is 4.79 Å². The van der Waals surface area contributed by atoms with E-state index in [4.69, 9.17) is 5.73 Å². The van der Waals surface area contributed by atoms with Gasteiger partial charge in [0.05, 0.1) is 23.2 Å². The van der Waals surface area contributed by atoms with Crippen molar-refractivity contribution in [3.05, 3.63) is 93.8 Å². The molecular formula is C26H25F2N3O2. The molecule has 1 aromatic heterocycles. The van der Waals surface area contributed by atoms with Crippen LogP contribution >= 0.6 is 0 Å². The second-order valence-electron chi connectivity index (χ2n) is 9.05. The minimum atomic E-state index is -1.01. The van der Waals surface area contributed by atoms with Gasteiger partial charge in [0.25, 0.3) is 0 Å². The molecule has 2 aromatic carbocycles. The highest BCUT2D eigenvalue weighted by Crippen LogP contribution is 2.50. The summed E-state index contributed by atoms with van der Waals surface area (Å²) in [4.78, 5) is 11.8. The molecule has 1 heterocycles. The highest BCUT2D eigenvalue weighted by Gasteiger charge is 2.44. The predicted octanol–water partition coefficient (Wildman–Crippen LogP) is 4.36. The average Bonchev–Trinajstić information content (AvgIpc) is 3.36. The Morgan fingerprint density at radius 3 is 2.67 bits per heavy atom. The number of aryl methyl sites for hydroxylation is 1. The van der Waals surface area contributed by atoms with Crippen LogP contribution in [0.15, 0.2) is 59.8 Å². The van der Waals surface area contributed by atoms with Gasteiger partial charge < -0.3 is 10.8 Å². The van der Waals surface area contributed by atoms with E-state index in [2.05, 4.69) is 12.0 Å². The van der Waals surface area contributed by atoms with Crippen molar-refractivity contribution in [3.63, 3.8) is 0 Å². The highest BCUT2D eigenvalue weighted by molar-refractivity contribution is 5.94. The summed E-state index contributed by atoms with van der Waals surface area (Å²) in [5.74, 6) is -1.50. The van der Waals surface area contributed by atoms with Crippen LogP contribution in [0.1, 0.15) is 59.3 Å². The molecule has 2 atom stereocenters. The van der Waals surface area contributed by atoms with Crippen LogP contribution in [0.4, 0.5) is 8.78 Å².